The van der Waals surface area contributed by atoms with Crippen molar-refractivity contribution >= 4 is 50.9 Å². The number of carbonyl (C=O) groups is 2. The molecular formula is C32H48CoN2O6Si2. The van der Waals surface area contributed by atoms with Gasteiger partial charge in [-0.15, -0.1) is 0 Å². The Morgan fingerprint density at radius 3 is 1.26 bits per heavy atom. The van der Waals surface area contributed by atoms with E-state index < -0.39 is 28.1 Å². The second kappa shape index (κ2) is 17.5. The fourth-order valence-electron chi connectivity index (χ4n) is 4.47. The SMILES string of the molecule is CC(=O)[O-].CC(=O)[O-].Cc1cc([Si](C)(C)C)cc(C=NC2CCCCC2N=Cc2cc([Si](C)(C)C)cc(C)c2O)c1O.[Co+2]. The van der Waals surface area contributed by atoms with Crippen LogP contribution in [0.3, 0.4) is 0 Å². The predicted molar refractivity (Wildman–Crippen MR) is 174 cm³/mol. The number of aliphatic carboxylic acids is 2. The van der Waals surface area contributed by atoms with Crippen LogP contribution in [0.15, 0.2) is 34.3 Å². The molecule has 2 aromatic rings. The number of nitrogens with zero attached hydrogens (tertiary/aromatic N) is 2. The number of aliphatic imine (C=N–C) groups is 2. The van der Waals surface area contributed by atoms with Gasteiger partial charge in [0, 0.05) is 35.5 Å². The zero-order chi connectivity index (χ0) is 32.4. The summed E-state index contributed by atoms with van der Waals surface area (Å²) in [7, 11) is -2.99. The Kier molecular flexibility index (Phi) is 16.4. The first-order chi connectivity index (χ1) is 19.2. The molecule has 11 heteroatoms. The predicted octanol–water partition coefficient (Wildman–Crippen LogP) is 3.16. The van der Waals surface area contributed by atoms with Crippen molar-refractivity contribution in [3.63, 3.8) is 0 Å². The van der Waals surface area contributed by atoms with Crippen LogP contribution < -0.4 is 20.6 Å². The fourth-order valence-corrected chi connectivity index (χ4v) is 6.94. The van der Waals surface area contributed by atoms with Gasteiger partial charge >= 0.3 is 16.8 Å². The van der Waals surface area contributed by atoms with Gasteiger partial charge in [-0.3, -0.25) is 9.98 Å². The van der Waals surface area contributed by atoms with E-state index in [-0.39, 0.29) is 28.9 Å². The Balaban J connectivity index is 0.00000174. The first-order valence-electron chi connectivity index (χ1n) is 14.3. The third kappa shape index (κ3) is 14.1. The summed E-state index contributed by atoms with van der Waals surface area (Å²) in [5.74, 6) is -1.52. The number of phenolic OH excluding ortho intramolecular Hbond substituents is 2. The van der Waals surface area contributed by atoms with Crippen LogP contribution in [0.5, 0.6) is 11.5 Å². The average Bonchev–Trinajstić information content (AvgIpc) is 2.84. The van der Waals surface area contributed by atoms with E-state index in [1.807, 2.05) is 26.3 Å². The van der Waals surface area contributed by atoms with E-state index in [4.69, 9.17) is 29.8 Å². The second-order valence-electron chi connectivity index (χ2n) is 12.9. The summed E-state index contributed by atoms with van der Waals surface area (Å²) >= 11 is 0. The molecule has 2 N–H and O–H groups in total. The maximum Gasteiger partial charge on any atom is 2.00 e. The summed E-state index contributed by atoms with van der Waals surface area (Å²) in [6.07, 6.45) is 7.99. The van der Waals surface area contributed by atoms with Crippen LogP contribution in [0.25, 0.3) is 0 Å². The van der Waals surface area contributed by atoms with Gasteiger partial charge in [0.05, 0.1) is 28.2 Å². The van der Waals surface area contributed by atoms with Crippen molar-refractivity contribution in [2.45, 2.75) is 105 Å². The molecule has 1 aliphatic rings. The molecule has 0 bridgehead atoms. The van der Waals surface area contributed by atoms with Crippen LogP contribution in [0.1, 0.15) is 61.8 Å². The average molecular weight is 672 g/mol. The van der Waals surface area contributed by atoms with Crippen LogP contribution >= 0.6 is 0 Å². The molecule has 2 atom stereocenters. The molecule has 1 aliphatic carbocycles. The van der Waals surface area contributed by atoms with Gasteiger partial charge in [0.15, 0.2) is 0 Å². The Morgan fingerprint density at radius 1 is 0.721 bits per heavy atom. The zero-order valence-electron chi connectivity index (χ0n) is 27.2. The minimum absolute atomic E-state index is 0. The number of benzene rings is 2. The van der Waals surface area contributed by atoms with Crippen molar-refractivity contribution in [2.75, 3.05) is 0 Å². The maximum atomic E-state index is 10.7. The van der Waals surface area contributed by atoms with Crippen molar-refractivity contribution in [2.24, 2.45) is 9.98 Å². The van der Waals surface area contributed by atoms with Gasteiger partial charge in [-0.2, -0.15) is 0 Å². The van der Waals surface area contributed by atoms with Gasteiger partial charge < -0.3 is 30.0 Å². The van der Waals surface area contributed by atoms with E-state index in [0.717, 1.165) is 61.8 Å². The molecule has 2 aromatic carbocycles. The van der Waals surface area contributed by atoms with E-state index in [1.165, 1.54) is 10.4 Å². The van der Waals surface area contributed by atoms with Gasteiger partial charge in [-0.1, -0.05) is 86.8 Å². The number of carboxylic acid groups (broad SMARTS) is 2. The minimum Gasteiger partial charge on any atom is -0.550 e. The quantitative estimate of drug-likeness (QED) is 0.357. The summed E-state index contributed by atoms with van der Waals surface area (Å²) in [6, 6.07) is 8.64. The summed E-state index contributed by atoms with van der Waals surface area (Å²) in [6.45, 7) is 19.8. The largest absolute Gasteiger partial charge is 2.00 e. The standard InChI is InChI=1S/C28H42N2O2Si2.2C2H4O2.Co/c1-19-13-23(33(3,4)5)15-21(27(19)31)17-29-25-11-9-10-12-26(25)30-18-22-16-24(34(6,7)8)14-20(2)28(22)32;2*1-2(3)4;/h13-18,25-26,31-32H,9-12H2,1-8H3;2*1H3,(H,3,4);/q;;;+2/p-2. The van der Waals surface area contributed by atoms with Gasteiger partial charge in [0.2, 0.25) is 0 Å². The van der Waals surface area contributed by atoms with Gasteiger partial charge in [-0.25, -0.2) is 0 Å². The summed E-state index contributed by atoms with van der Waals surface area (Å²) in [5, 5.41) is 41.7. The summed E-state index contributed by atoms with van der Waals surface area (Å²) < 4.78 is 0. The number of aryl methyl sites for hydroxylation is 2. The summed E-state index contributed by atoms with van der Waals surface area (Å²) in [4.78, 5) is 27.6. The van der Waals surface area contributed by atoms with E-state index in [0.29, 0.717) is 11.5 Å². The van der Waals surface area contributed by atoms with Crippen LogP contribution in [-0.4, -0.2) is 62.8 Å². The number of hydrogen-bond acceptors (Lipinski definition) is 8. The van der Waals surface area contributed by atoms with Gasteiger partial charge in [0.1, 0.15) is 11.5 Å². The van der Waals surface area contributed by atoms with Gasteiger partial charge in [-0.05, 0) is 51.7 Å². The van der Waals surface area contributed by atoms with Crippen molar-refractivity contribution in [1.29, 1.82) is 0 Å². The summed E-state index contributed by atoms with van der Waals surface area (Å²) in [5.41, 5.74) is 3.43. The van der Waals surface area contributed by atoms with E-state index in [9.17, 15) is 10.2 Å². The molecule has 0 amide bonds. The molecule has 3 rings (SSSR count). The molecule has 0 aromatic heterocycles. The van der Waals surface area contributed by atoms with Crippen LogP contribution in [0.2, 0.25) is 39.3 Å². The molecule has 239 valence electrons. The molecule has 0 heterocycles. The molecule has 2 unspecified atom stereocenters. The molecule has 1 saturated carbocycles. The van der Waals surface area contributed by atoms with Crippen LogP contribution in [-0.2, 0) is 26.4 Å². The third-order valence-corrected chi connectivity index (χ3v) is 10.9. The molecule has 0 aliphatic heterocycles. The molecule has 43 heavy (non-hydrogen) atoms. The van der Waals surface area contributed by atoms with Crippen molar-refractivity contribution in [3.05, 3.63) is 46.5 Å². The van der Waals surface area contributed by atoms with Gasteiger partial charge in [0.25, 0.3) is 0 Å². The second-order valence-corrected chi connectivity index (χ2v) is 23.1. The third-order valence-electron chi connectivity index (χ3n) is 6.90. The molecule has 0 saturated heterocycles. The molecule has 8 nitrogen and oxygen atoms in total. The number of carbonyl (C=O) groups excluding carboxylic acids is 2. The van der Waals surface area contributed by atoms with E-state index in [2.05, 4.69) is 63.5 Å². The Labute approximate surface area is 269 Å². The Bertz CT molecular complexity index is 1190. The first kappa shape index (κ1) is 40.3. The topological polar surface area (TPSA) is 145 Å². The molecule has 0 spiro atoms. The monoisotopic (exact) mass is 671 g/mol. The molecule has 1 radical (unpaired) electrons. The number of aromatic hydroxyl groups is 2. The van der Waals surface area contributed by atoms with Crippen LogP contribution in [0, 0.1) is 13.8 Å². The van der Waals surface area contributed by atoms with E-state index >= 15 is 0 Å². The normalized spacial score (nSPS) is 16.9. The maximum absolute atomic E-state index is 10.7. The molecule has 1 fully saturated rings. The van der Waals surface area contributed by atoms with Crippen molar-refractivity contribution in [3.8, 4) is 11.5 Å². The van der Waals surface area contributed by atoms with Crippen LogP contribution in [0.4, 0.5) is 0 Å². The number of rotatable bonds is 6. The minimum atomic E-state index is -1.50. The molecular weight excluding hydrogens is 623 g/mol. The zero-order valence-corrected chi connectivity index (χ0v) is 30.2. The number of carboxylic acids is 2. The Hall–Kier alpha value is -2.74. The van der Waals surface area contributed by atoms with E-state index in [1.54, 1.807) is 0 Å². The van der Waals surface area contributed by atoms with Crippen molar-refractivity contribution < 1.29 is 46.8 Å². The first-order valence-corrected chi connectivity index (χ1v) is 21.3. The van der Waals surface area contributed by atoms with Crippen molar-refractivity contribution in [1.82, 2.24) is 0 Å². The fraction of sp³-hybridized carbons (Fsp3) is 0.500. The smallest absolute Gasteiger partial charge is 0.550 e. The number of hydrogen-bond donors (Lipinski definition) is 2. The number of phenols is 2. The Morgan fingerprint density at radius 2 is 1.00 bits per heavy atom.